The van der Waals surface area contributed by atoms with Crippen molar-refractivity contribution < 1.29 is 4.79 Å². The van der Waals surface area contributed by atoms with Gasteiger partial charge in [-0.3, -0.25) is 9.89 Å². The number of nitrogens with one attached hydrogen (secondary N) is 3. The lowest BCUT2D eigenvalue weighted by Gasteiger charge is -2.28. The van der Waals surface area contributed by atoms with Crippen LogP contribution in [-0.2, 0) is 4.79 Å². The predicted octanol–water partition coefficient (Wildman–Crippen LogP) is 1.01. The number of hydrogen-bond acceptors (Lipinski definition) is 4. The van der Waals surface area contributed by atoms with Crippen molar-refractivity contribution in [3.63, 3.8) is 0 Å². The molecule has 0 aliphatic carbocycles. The largest absolute Gasteiger partial charge is 0.346 e. The first kappa shape index (κ1) is 14.0. The molecule has 1 aliphatic rings. The average molecular weight is 265 g/mol. The summed E-state index contributed by atoms with van der Waals surface area (Å²) in [6, 6.07) is -0.119. The molecule has 1 aromatic heterocycles. The summed E-state index contributed by atoms with van der Waals surface area (Å²) in [5.74, 6) is 1.80. The van der Waals surface area contributed by atoms with E-state index >= 15 is 0 Å². The van der Waals surface area contributed by atoms with E-state index in [1.165, 1.54) is 19.2 Å². The summed E-state index contributed by atoms with van der Waals surface area (Å²) in [7, 11) is 0. The van der Waals surface area contributed by atoms with Gasteiger partial charge in [-0.2, -0.15) is 5.10 Å². The normalized spacial score (nSPS) is 22.7. The molecule has 0 bridgehead atoms. The van der Waals surface area contributed by atoms with Crippen molar-refractivity contribution in [3.8, 4) is 0 Å². The molecule has 0 aromatic carbocycles. The Balaban J connectivity index is 1.77. The highest BCUT2D eigenvalue weighted by Gasteiger charge is 2.22. The molecule has 2 heterocycles. The Hall–Kier alpha value is -1.43. The van der Waals surface area contributed by atoms with Crippen LogP contribution in [-0.4, -0.2) is 34.2 Å². The van der Waals surface area contributed by atoms with Crippen LogP contribution in [0.1, 0.15) is 45.0 Å². The minimum Gasteiger partial charge on any atom is -0.346 e. The van der Waals surface area contributed by atoms with Crippen LogP contribution >= 0.6 is 0 Å². The molecule has 3 unspecified atom stereocenters. The Morgan fingerprint density at radius 3 is 3.05 bits per heavy atom. The fourth-order valence-electron chi connectivity index (χ4n) is 2.62. The molecule has 1 aliphatic heterocycles. The maximum atomic E-state index is 12.0. The van der Waals surface area contributed by atoms with E-state index < -0.39 is 0 Å². The Kier molecular flexibility index (Phi) is 4.90. The van der Waals surface area contributed by atoms with Gasteiger partial charge in [-0.25, -0.2) is 4.98 Å². The van der Waals surface area contributed by atoms with Gasteiger partial charge in [0, 0.05) is 6.42 Å². The fourth-order valence-corrected chi connectivity index (χ4v) is 2.62. The SMILES string of the molecule is CC(NC(=O)CC(C)C1CCCNC1)c1ncn[nH]1. The number of nitrogens with zero attached hydrogens (tertiary/aromatic N) is 2. The minimum atomic E-state index is -0.119. The van der Waals surface area contributed by atoms with Crippen molar-refractivity contribution in [2.75, 3.05) is 13.1 Å². The number of amides is 1. The van der Waals surface area contributed by atoms with Crippen LogP contribution in [0.3, 0.4) is 0 Å². The molecule has 2 rings (SSSR count). The molecule has 6 heteroatoms. The first-order chi connectivity index (χ1) is 9.16. The molecule has 0 spiro atoms. The van der Waals surface area contributed by atoms with Crippen molar-refractivity contribution in [1.29, 1.82) is 0 Å². The van der Waals surface area contributed by atoms with E-state index in [0.717, 1.165) is 13.1 Å². The third kappa shape index (κ3) is 4.02. The highest BCUT2D eigenvalue weighted by Crippen LogP contribution is 2.22. The molecule has 106 valence electrons. The maximum Gasteiger partial charge on any atom is 0.220 e. The standard InChI is InChI=1S/C13H23N5O/c1-9(11-4-3-5-14-7-11)6-12(19)17-10(2)13-15-8-16-18-13/h8-11,14H,3-7H2,1-2H3,(H,17,19)(H,15,16,18). The number of H-pyrrole nitrogens is 1. The molecular formula is C13H23N5O. The Morgan fingerprint density at radius 1 is 1.58 bits per heavy atom. The number of hydrogen-bond donors (Lipinski definition) is 3. The molecule has 0 saturated carbocycles. The second-order valence-corrected chi connectivity index (χ2v) is 5.45. The number of aromatic nitrogens is 3. The summed E-state index contributed by atoms with van der Waals surface area (Å²) in [4.78, 5) is 16.1. The van der Waals surface area contributed by atoms with Crippen LogP contribution in [0.4, 0.5) is 0 Å². The summed E-state index contributed by atoms with van der Waals surface area (Å²) >= 11 is 0. The Bertz CT molecular complexity index is 386. The first-order valence-corrected chi connectivity index (χ1v) is 7.02. The zero-order chi connectivity index (χ0) is 13.7. The van der Waals surface area contributed by atoms with Gasteiger partial charge < -0.3 is 10.6 Å². The van der Waals surface area contributed by atoms with E-state index in [0.29, 0.717) is 24.1 Å². The van der Waals surface area contributed by atoms with E-state index in [-0.39, 0.29) is 11.9 Å². The number of aromatic amines is 1. The quantitative estimate of drug-likeness (QED) is 0.742. The third-order valence-corrected chi connectivity index (χ3v) is 3.87. The van der Waals surface area contributed by atoms with Gasteiger partial charge in [0.2, 0.25) is 5.91 Å². The number of rotatable bonds is 5. The van der Waals surface area contributed by atoms with Crippen molar-refractivity contribution >= 4 is 5.91 Å². The van der Waals surface area contributed by atoms with Crippen molar-refractivity contribution in [3.05, 3.63) is 12.2 Å². The molecule has 0 radical (unpaired) electrons. The monoisotopic (exact) mass is 265 g/mol. The van der Waals surface area contributed by atoms with Gasteiger partial charge in [-0.15, -0.1) is 0 Å². The Labute approximate surface area is 113 Å². The van der Waals surface area contributed by atoms with E-state index in [4.69, 9.17) is 0 Å². The van der Waals surface area contributed by atoms with E-state index in [1.807, 2.05) is 6.92 Å². The lowest BCUT2D eigenvalue weighted by Crippen LogP contribution is -2.36. The molecule has 1 saturated heterocycles. The van der Waals surface area contributed by atoms with E-state index in [2.05, 4.69) is 32.7 Å². The van der Waals surface area contributed by atoms with Gasteiger partial charge in [0.05, 0.1) is 6.04 Å². The summed E-state index contributed by atoms with van der Waals surface area (Å²) in [6.45, 7) is 6.21. The van der Waals surface area contributed by atoms with E-state index in [9.17, 15) is 4.79 Å². The highest BCUT2D eigenvalue weighted by molar-refractivity contribution is 5.76. The number of piperidine rings is 1. The molecule has 1 amide bonds. The second-order valence-electron chi connectivity index (χ2n) is 5.45. The molecule has 1 aromatic rings. The molecule has 19 heavy (non-hydrogen) atoms. The van der Waals surface area contributed by atoms with E-state index in [1.54, 1.807) is 0 Å². The highest BCUT2D eigenvalue weighted by atomic mass is 16.1. The molecule has 6 nitrogen and oxygen atoms in total. The summed E-state index contributed by atoms with van der Waals surface area (Å²) in [6.07, 6.45) is 4.46. The maximum absolute atomic E-state index is 12.0. The Morgan fingerprint density at radius 2 is 2.42 bits per heavy atom. The topological polar surface area (TPSA) is 82.7 Å². The van der Waals surface area contributed by atoms with Crippen LogP contribution in [0.25, 0.3) is 0 Å². The van der Waals surface area contributed by atoms with Crippen LogP contribution in [0.2, 0.25) is 0 Å². The zero-order valence-corrected chi connectivity index (χ0v) is 11.6. The van der Waals surface area contributed by atoms with Gasteiger partial charge in [0.25, 0.3) is 0 Å². The molecule has 3 N–H and O–H groups in total. The van der Waals surface area contributed by atoms with Gasteiger partial charge in [-0.05, 0) is 44.7 Å². The summed E-state index contributed by atoms with van der Waals surface area (Å²) in [5.41, 5.74) is 0. The number of carbonyl (C=O) groups is 1. The molecular weight excluding hydrogens is 242 g/mol. The lowest BCUT2D eigenvalue weighted by molar-refractivity contribution is -0.123. The van der Waals surface area contributed by atoms with Gasteiger partial charge >= 0.3 is 0 Å². The lowest BCUT2D eigenvalue weighted by atomic mass is 9.85. The summed E-state index contributed by atoms with van der Waals surface area (Å²) in [5, 5.41) is 12.9. The molecule has 3 atom stereocenters. The van der Waals surface area contributed by atoms with Crippen molar-refractivity contribution in [1.82, 2.24) is 25.8 Å². The molecule has 1 fully saturated rings. The average Bonchev–Trinajstić information content (AvgIpc) is 2.93. The van der Waals surface area contributed by atoms with Crippen LogP contribution in [0.5, 0.6) is 0 Å². The smallest absolute Gasteiger partial charge is 0.220 e. The van der Waals surface area contributed by atoms with Gasteiger partial charge in [0.1, 0.15) is 12.2 Å². The van der Waals surface area contributed by atoms with Gasteiger partial charge in [0.15, 0.2) is 0 Å². The second kappa shape index (κ2) is 6.65. The van der Waals surface area contributed by atoms with Crippen LogP contribution in [0.15, 0.2) is 6.33 Å². The summed E-state index contributed by atoms with van der Waals surface area (Å²) < 4.78 is 0. The van der Waals surface area contributed by atoms with Crippen molar-refractivity contribution in [2.45, 2.75) is 39.2 Å². The van der Waals surface area contributed by atoms with Gasteiger partial charge in [-0.1, -0.05) is 6.92 Å². The first-order valence-electron chi connectivity index (χ1n) is 7.02. The zero-order valence-electron chi connectivity index (χ0n) is 11.6. The van der Waals surface area contributed by atoms with Crippen molar-refractivity contribution in [2.24, 2.45) is 11.8 Å². The fraction of sp³-hybridized carbons (Fsp3) is 0.769. The number of carbonyl (C=O) groups excluding carboxylic acids is 1. The van der Waals surface area contributed by atoms with Crippen LogP contribution in [0, 0.1) is 11.8 Å². The predicted molar refractivity (Wildman–Crippen MR) is 72.3 cm³/mol. The third-order valence-electron chi connectivity index (χ3n) is 3.87. The van der Waals surface area contributed by atoms with Crippen LogP contribution < -0.4 is 10.6 Å². The minimum absolute atomic E-state index is 0.0852.